The predicted octanol–water partition coefficient (Wildman–Crippen LogP) is 2.79. The van der Waals surface area contributed by atoms with Crippen LogP contribution in [0, 0.1) is 11.7 Å². The SMILES string of the molecule is C[C@H](CCc1cccc(F)c1)C(=O)N1CCC[C@H](N(C)CC(=O)O)CC1. The summed E-state index contributed by atoms with van der Waals surface area (Å²) in [5.74, 6) is -1.03. The Bertz CT molecular complexity index is 623. The summed E-state index contributed by atoms with van der Waals surface area (Å²) < 4.78 is 13.3. The van der Waals surface area contributed by atoms with Crippen LogP contribution in [0.3, 0.4) is 0 Å². The highest BCUT2D eigenvalue weighted by molar-refractivity contribution is 5.78. The molecule has 1 aromatic carbocycles. The van der Waals surface area contributed by atoms with E-state index in [4.69, 9.17) is 5.11 Å². The molecule has 1 saturated heterocycles. The van der Waals surface area contributed by atoms with E-state index >= 15 is 0 Å². The molecule has 1 heterocycles. The van der Waals surface area contributed by atoms with Crippen LogP contribution in [0.1, 0.15) is 38.2 Å². The molecule has 0 radical (unpaired) electrons. The Labute approximate surface area is 154 Å². The molecule has 0 unspecified atom stereocenters. The molecule has 1 aromatic rings. The normalized spacial score (nSPS) is 19.2. The summed E-state index contributed by atoms with van der Waals surface area (Å²) in [6.07, 6.45) is 3.97. The summed E-state index contributed by atoms with van der Waals surface area (Å²) in [7, 11) is 1.83. The van der Waals surface area contributed by atoms with Gasteiger partial charge in [0.15, 0.2) is 0 Å². The van der Waals surface area contributed by atoms with Crippen molar-refractivity contribution in [2.24, 2.45) is 5.92 Å². The molecular formula is C20H29FN2O3. The van der Waals surface area contributed by atoms with Gasteiger partial charge in [0.1, 0.15) is 5.82 Å². The Balaban J connectivity index is 1.83. The van der Waals surface area contributed by atoms with Crippen molar-refractivity contribution in [1.82, 2.24) is 9.80 Å². The molecular weight excluding hydrogens is 335 g/mol. The maximum Gasteiger partial charge on any atom is 0.317 e. The van der Waals surface area contributed by atoms with Gasteiger partial charge in [0.05, 0.1) is 6.54 Å². The molecule has 1 aliphatic rings. The zero-order valence-electron chi connectivity index (χ0n) is 15.7. The average molecular weight is 364 g/mol. The number of benzene rings is 1. The fourth-order valence-corrected chi connectivity index (χ4v) is 3.59. The fraction of sp³-hybridized carbons (Fsp3) is 0.600. The molecule has 6 heteroatoms. The lowest BCUT2D eigenvalue weighted by Crippen LogP contribution is -2.38. The number of amides is 1. The van der Waals surface area contributed by atoms with Gasteiger partial charge in [0, 0.05) is 25.0 Å². The number of halogens is 1. The van der Waals surface area contributed by atoms with Gasteiger partial charge in [-0.05, 0) is 56.8 Å². The van der Waals surface area contributed by atoms with E-state index in [0.29, 0.717) is 19.4 Å². The van der Waals surface area contributed by atoms with Gasteiger partial charge in [-0.2, -0.15) is 0 Å². The van der Waals surface area contributed by atoms with Crippen molar-refractivity contribution in [2.75, 3.05) is 26.7 Å². The predicted molar refractivity (Wildman–Crippen MR) is 98.4 cm³/mol. The zero-order chi connectivity index (χ0) is 19.1. The first kappa shape index (κ1) is 20.4. The lowest BCUT2D eigenvalue weighted by Gasteiger charge is -2.26. The lowest BCUT2D eigenvalue weighted by atomic mass is 9.99. The van der Waals surface area contributed by atoms with Crippen LogP contribution < -0.4 is 0 Å². The van der Waals surface area contributed by atoms with Gasteiger partial charge in [-0.3, -0.25) is 14.5 Å². The highest BCUT2D eigenvalue weighted by Gasteiger charge is 2.26. The van der Waals surface area contributed by atoms with E-state index in [0.717, 1.165) is 31.4 Å². The number of carbonyl (C=O) groups is 2. The van der Waals surface area contributed by atoms with E-state index < -0.39 is 5.97 Å². The summed E-state index contributed by atoms with van der Waals surface area (Å²) in [6, 6.07) is 6.72. The van der Waals surface area contributed by atoms with Gasteiger partial charge in [0.25, 0.3) is 0 Å². The first-order valence-electron chi connectivity index (χ1n) is 9.32. The average Bonchev–Trinajstić information content (AvgIpc) is 2.84. The summed E-state index contributed by atoms with van der Waals surface area (Å²) in [6.45, 7) is 3.35. The third-order valence-electron chi connectivity index (χ3n) is 5.19. The molecule has 0 aromatic heterocycles. The van der Waals surface area contributed by atoms with Crippen molar-refractivity contribution in [1.29, 1.82) is 0 Å². The number of hydrogen-bond donors (Lipinski definition) is 1. The van der Waals surface area contributed by atoms with Crippen molar-refractivity contribution >= 4 is 11.9 Å². The van der Waals surface area contributed by atoms with Gasteiger partial charge in [-0.25, -0.2) is 4.39 Å². The van der Waals surface area contributed by atoms with Crippen LogP contribution in [-0.2, 0) is 16.0 Å². The minimum Gasteiger partial charge on any atom is -0.480 e. The monoisotopic (exact) mass is 364 g/mol. The summed E-state index contributed by atoms with van der Waals surface area (Å²) in [5.41, 5.74) is 0.913. The van der Waals surface area contributed by atoms with Gasteiger partial charge in [-0.1, -0.05) is 19.1 Å². The van der Waals surface area contributed by atoms with E-state index in [2.05, 4.69) is 0 Å². The molecule has 0 aliphatic carbocycles. The summed E-state index contributed by atoms with van der Waals surface area (Å²) in [5, 5.41) is 8.94. The van der Waals surface area contributed by atoms with E-state index in [1.165, 1.54) is 12.1 Å². The minimum absolute atomic E-state index is 0.0304. The van der Waals surface area contributed by atoms with Gasteiger partial charge in [-0.15, -0.1) is 0 Å². The molecule has 2 atom stereocenters. The summed E-state index contributed by atoms with van der Waals surface area (Å²) >= 11 is 0. The maximum absolute atomic E-state index is 13.3. The largest absolute Gasteiger partial charge is 0.480 e. The second-order valence-electron chi connectivity index (χ2n) is 7.29. The van der Waals surface area contributed by atoms with E-state index in [1.54, 1.807) is 6.07 Å². The molecule has 1 aliphatic heterocycles. The molecule has 26 heavy (non-hydrogen) atoms. The van der Waals surface area contributed by atoms with E-state index in [1.807, 2.05) is 29.8 Å². The second-order valence-corrected chi connectivity index (χ2v) is 7.29. The third kappa shape index (κ3) is 6.09. The highest BCUT2D eigenvalue weighted by Crippen LogP contribution is 2.19. The Morgan fingerprint density at radius 1 is 1.35 bits per heavy atom. The van der Waals surface area contributed by atoms with Gasteiger partial charge < -0.3 is 10.0 Å². The number of carboxylic acid groups (broad SMARTS) is 1. The van der Waals surface area contributed by atoms with Crippen molar-refractivity contribution in [3.8, 4) is 0 Å². The second kappa shape index (κ2) is 9.67. The number of aryl methyl sites for hydroxylation is 1. The number of likely N-dealkylation sites (N-methyl/N-ethyl adjacent to an activating group) is 1. The standard InChI is InChI=1S/C20H29FN2O3/c1-15(8-9-16-5-3-6-17(21)13-16)20(26)23-11-4-7-18(10-12-23)22(2)14-19(24)25/h3,5-6,13,15,18H,4,7-12,14H2,1-2H3,(H,24,25)/t15-,18+/m1/s1. The molecule has 0 bridgehead atoms. The van der Waals surface area contributed by atoms with Crippen LogP contribution >= 0.6 is 0 Å². The van der Waals surface area contributed by atoms with Crippen molar-refractivity contribution in [3.63, 3.8) is 0 Å². The first-order chi connectivity index (χ1) is 12.4. The third-order valence-corrected chi connectivity index (χ3v) is 5.19. The molecule has 2 rings (SSSR count). The number of hydrogen-bond acceptors (Lipinski definition) is 3. The quantitative estimate of drug-likeness (QED) is 0.808. The lowest BCUT2D eigenvalue weighted by molar-refractivity contribution is -0.139. The highest BCUT2D eigenvalue weighted by atomic mass is 19.1. The van der Waals surface area contributed by atoms with Crippen LogP contribution in [0.25, 0.3) is 0 Å². The molecule has 1 N–H and O–H groups in total. The number of carboxylic acids is 1. The summed E-state index contributed by atoms with van der Waals surface area (Å²) in [4.78, 5) is 27.4. The van der Waals surface area contributed by atoms with Gasteiger partial charge in [0.2, 0.25) is 5.91 Å². The molecule has 1 fully saturated rings. The number of rotatable bonds is 7. The van der Waals surface area contributed by atoms with Crippen molar-refractivity contribution in [3.05, 3.63) is 35.6 Å². The van der Waals surface area contributed by atoms with Crippen molar-refractivity contribution in [2.45, 2.75) is 45.1 Å². The van der Waals surface area contributed by atoms with E-state index in [9.17, 15) is 14.0 Å². The van der Waals surface area contributed by atoms with Crippen LogP contribution in [-0.4, -0.2) is 59.5 Å². The number of aliphatic carboxylic acids is 1. The maximum atomic E-state index is 13.3. The Hall–Kier alpha value is -1.95. The molecule has 0 saturated carbocycles. The van der Waals surface area contributed by atoms with Crippen molar-refractivity contribution < 1.29 is 19.1 Å². The Kier molecular flexibility index (Phi) is 7.57. The molecule has 1 amide bonds. The first-order valence-corrected chi connectivity index (χ1v) is 9.32. The number of nitrogens with zero attached hydrogens (tertiary/aromatic N) is 2. The van der Waals surface area contributed by atoms with Crippen LogP contribution in [0.4, 0.5) is 4.39 Å². The topological polar surface area (TPSA) is 60.9 Å². The Morgan fingerprint density at radius 2 is 2.12 bits per heavy atom. The molecule has 0 spiro atoms. The molecule has 5 nitrogen and oxygen atoms in total. The molecule has 144 valence electrons. The Morgan fingerprint density at radius 3 is 2.81 bits per heavy atom. The van der Waals surface area contributed by atoms with Crippen LogP contribution in [0.2, 0.25) is 0 Å². The fourth-order valence-electron chi connectivity index (χ4n) is 3.59. The number of carbonyl (C=O) groups excluding carboxylic acids is 1. The van der Waals surface area contributed by atoms with Crippen LogP contribution in [0.5, 0.6) is 0 Å². The van der Waals surface area contributed by atoms with E-state index in [-0.39, 0.29) is 30.2 Å². The van der Waals surface area contributed by atoms with Gasteiger partial charge >= 0.3 is 5.97 Å². The zero-order valence-corrected chi connectivity index (χ0v) is 15.7. The smallest absolute Gasteiger partial charge is 0.317 e. The van der Waals surface area contributed by atoms with Crippen LogP contribution in [0.15, 0.2) is 24.3 Å². The number of likely N-dealkylation sites (tertiary alicyclic amines) is 1. The minimum atomic E-state index is -0.823.